The first-order valence-corrected chi connectivity index (χ1v) is 5.77. The lowest BCUT2D eigenvalue weighted by molar-refractivity contribution is 0.580. The lowest BCUT2D eigenvalue weighted by Gasteiger charge is -2.25. The predicted molar refractivity (Wildman–Crippen MR) is 65.3 cm³/mol. The Balaban J connectivity index is 1.84. The Labute approximate surface area is 102 Å². The average Bonchev–Trinajstić information content (AvgIpc) is 2.90. The highest BCUT2D eigenvalue weighted by molar-refractivity contribution is 5.50. The summed E-state index contributed by atoms with van der Waals surface area (Å²) in [5, 5.41) is 16.5. The standard InChI is InChI=1S/C10H13N7O/c18-8-2-1-7(13-14-8)9-12-10(16-15-9)17-5-3-11-4-6-17/h1-2,11H,3-6H2,(H,14,18)(H,12,15,16). The Morgan fingerprint density at radius 1 is 1.11 bits per heavy atom. The highest BCUT2D eigenvalue weighted by atomic mass is 16.1. The summed E-state index contributed by atoms with van der Waals surface area (Å²) < 4.78 is 0. The summed E-state index contributed by atoms with van der Waals surface area (Å²) in [6.07, 6.45) is 0. The number of anilines is 1. The van der Waals surface area contributed by atoms with Gasteiger partial charge in [0.05, 0.1) is 0 Å². The third kappa shape index (κ3) is 2.09. The molecule has 3 rings (SSSR count). The van der Waals surface area contributed by atoms with E-state index in [1.54, 1.807) is 6.07 Å². The summed E-state index contributed by atoms with van der Waals surface area (Å²) >= 11 is 0. The summed E-state index contributed by atoms with van der Waals surface area (Å²) in [7, 11) is 0. The third-order valence-electron chi connectivity index (χ3n) is 2.80. The fourth-order valence-electron chi connectivity index (χ4n) is 1.85. The summed E-state index contributed by atoms with van der Waals surface area (Å²) in [4.78, 5) is 17.4. The number of piperazine rings is 1. The monoisotopic (exact) mass is 247 g/mol. The molecule has 0 unspecified atom stereocenters. The molecular weight excluding hydrogens is 234 g/mol. The molecule has 0 amide bonds. The molecule has 0 aliphatic carbocycles. The maximum atomic E-state index is 10.9. The number of rotatable bonds is 2. The Hall–Kier alpha value is -2.22. The lowest BCUT2D eigenvalue weighted by Crippen LogP contribution is -2.44. The molecule has 1 aliphatic heterocycles. The van der Waals surface area contributed by atoms with Crippen LogP contribution in [-0.4, -0.2) is 51.6 Å². The van der Waals surface area contributed by atoms with E-state index in [2.05, 4.69) is 35.6 Å². The molecule has 0 saturated carbocycles. The predicted octanol–water partition coefficient (Wildman–Crippen LogP) is -1.04. The molecular formula is C10H13N7O. The quantitative estimate of drug-likeness (QED) is 0.626. The van der Waals surface area contributed by atoms with Crippen LogP contribution in [0.2, 0.25) is 0 Å². The van der Waals surface area contributed by atoms with Crippen molar-refractivity contribution < 1.29 is 0 Å². The number of H-pyrrole nitrogens is 2. The number of aromatic nitrogens is 5. The van der Waals surface area contributed by atoms with Crippen molar-refractivity contribution in [3.8, 4) is 11.5 Å². The summed E-state index contributed by atoms with van der Waals surface area (Å²) in [6.45, 7) is 3.63. The second-order valence-corrected chi connectivity index (χ2v) is 4.03. The van der Waals surface area contributed by atoms with E-state index in [1.165, 1.54) is 6.07 Å². The van der Waals surface area contributed by atoms with Gasteiger partial charge in [-0.2, -0.15) is 10.1 Å². The molecule has 94 valence electrons. The van der Waals surface area contributed by atoms with Crippen molar-refractivity contribution in [2.24, 2.45) is 0 Å². The van der Waals surface area contributed by atoms with Gasteiger partial charge in [0, 0.05) is 32.2 Å². The second kappa shape index (κ2) is 4.57. The maximum Gasteiger partial charge on any atom is 0.264 e. The van der Waals surface area contributed by atoms with Gasteiger partial charge in [-0.1, -0.05) is 0 Å². The number of nitrogens with one attached hydrogen (secondary N) is 3. The Bertz CT molecular complexity index is 563. The van der Waals surface area contributed by atoms with Crippen LogP contribution in [-0.2, 0) is 0 Å². The smallest absolute Gasteiger partial charge is 0.264 e. The zero-order valence-corrected chi connectivity index (χ0v) is 9.68. The van der Waals surface area contributed by atoms with E-state index in [1.807, 2.05) is 0 Å². The van der Waals surface area contributed by atoms with E-state index in [9.17, 15) is 4.79 Å². The fourth-order valence-corrected chi connectivity index (χ4v) is 1.85. The van der Waals surface area contributed by atoms with Crippen molar-refractivity contribution >= 4 is 5.95 Å². The van der Waals surface area contributed by atoms with Crippen LogP contribution in [0.1, 0.15) is 0 Å². The first-order valence-electron chi connectivity index (χ1n) is 5.77. The van der Waals surface area contributed by atoms with Gasteiger partial charge in [0.2, 0.25) is 5.95 Å². The van der Waals surface area contributed by atoms with Crippen molar-refractivity contribution in [3.63, 3.8) is 0 Å². The normalized spacial score (nSPS) is 15.9. The van der Waals surface area contributed by atoms with Crippen LogP contribution in [0, 0.1) is 0 Å². The minimum absolute atomic E-state index is 0.236. The van der Waals surface area contributed by atoms with Gasteiger partial charge in [0.15, 0.2) is 5.82 Å². The van der Waals surface area contributed by atoms with Crippen LogP contribution < -0.4 is 15.8 Å². The van der Waals surface area contributed by atoms with Gasteiger partial charge in [-0.15, -0.1) is 5.10 Å². The topological polar surface area (TPSA) is 103 Å². The Morgan fingerprint density at radius 2 is 1.94 bits per heavy atom. The first-order chi connectivity index (χ1) is 8.83. The van der Waals surface area contributed by atoms with E-state index in [0.29, 0.717) is 17.5 Å². The van der Waals surface area contributed by atoms with Crippen LogP contribution >= 0.6 is 0 Å². The summed E-state index contributed by atoms with van der Waals surface area (Å²) in [5.41, 5.74) is 0.337. The summed E-state index contributed by atoms with van der Waals surface area (Å²) in [5.74, 6) is 1.22. The van der Waals surface area contributed by atoms with Gasteiger partial charge in [-0.25, -0.2) is 5.10 Å². The highest BCUT2D eigenvalue weighted by Crippen LogP contribution is 2.14. The van der Waals surface area contributed by atoms with Gasteiger partial charge in [-0.3, -0.25) is 9.89 Å². The number of nitrogens with zero attached hydrogens (tertiary/aromatic N) is 4. The lowest BCUT2D eigenvalue weighted by atomic mass is 10.4. The fraction of sp³-hybridized carbons (Fsp3) is 0.400. The van der Waals surface area contributed by atoms with Crippen LogP contribution in [0.4, 0.5) is 5.95 Å². The maximum absolute atomic E-state index is 10.9. The number of hydrogen-bond acceptors (Lipinski definition) is 6. The third-order valence-corrected chi connectivity index (χ3v) is 2.80. The molecule has 0 spiro atoms. The molecule has 0 atom stereocenters. The minimum atomic E-state index is -0.236. The molecule has 3 heterocycles. The molecule has 1 saturated heterocycles. The van der Waals surface area contributed by atoms with Crippen LogP contribution in [0.3, 0.4) is 0 Å². The molecule has 0 radical (unpaired) electrons. The zero-order chi connectivity index (χ0) is 12.4. The van der Waals surface area contributed by atoms with Crippen molar-refractivity contribution in [1.29, 1.82) is 0 Å². The molecule has 8 heteroatoms. The van der Waals surface area contributed by atoms with Gasteiger partial charge in [0.25, 0.3) is 5.56 Å². The molecule has 3 N–H and O–H groups in total. The highest BCUT2D eigenvalue weighted by Gasteiger charge is 2.15. The SMILES string of the molecule is O=c1ccc(-c2nc(N3CCNCC3)n[nH]2)n[nH]1. The Morgan fingerprint density at radius 3 is 2.67 bits per heavy atom. The average molecular weight is 247 g/mol. The molecule has 2 aromatic rings. The van der Waals surface area contributed by atoms with E-state index in [4.69, 9.17) is 0 Å². The van der Waals surface area contributed by atoms with E-state index in [-0.39, 0.29) is 5.56 Å². The van der Waals surface area contributed by atoms with Crippen molar-refractivity contribution in [2.45, 2.75) is 0 Å². The van der Waals surface area contributed by atoms with E-state index >= 15 is 0 Å². The van der Waals surface area contributed by atoms with Crippen LogP contribution in [0.25, 0.3) is 11.5 Å². The van der Waals surface area contributed by atoms with Crippen LogP contribution in [0.5, 0.6) is 0 Å². The number of aromatic amines is 2. The van der Waals surface area contributed by atoms with E-state index < -0.39 is 0 Å². The minimum Gasteiger partial charge on any atom is -0.337 e. The molecule has 1 fully saturated rings. The molecule has 1 aliphatic rings. The largest absolute Gasteiger partial charge is 0.337 e. The summed E-state index contributed by atoms with van der Waals surface area (Å²) in [6, 6.07) is 3.02. The molecule has 2 aromatic heterocycles. The molecule has 18 heavy (non-hydrogen) atoms. The van der Waals surface area contributed by atoms with Crippen molar-refractivity contribution in [2.75, 3.05) is 31.1 Å². The van der Waals surface area contributed by atoms with Crippen molar-refractivity contribution in [1.82, 2.24) is 30.7 Å². The zero-order valence-electron chi connectivity index (χ0n) is 9.68. The Kier molecular flexibility index (Phi) is 2.77. The van der Waals surface area contributed by atoms with Crippen LogP contribution in [0.15, 0.2) is 16.9 Å². The van der Waals surface area contributed by atoms with Crippen molar-refractivity contribution in [3.05, 3.63) is 22.5 Å². The van der Waals surface area contributed by atoms with E-state index in [0.717, 1.165) is 26.2 Å². The second-order valence-electron chi connectivity index (χ2n) is 4.03. The van der Waals surface area contributed by atoms with Gasteiger partial charge < -0.3 is 10.2 Å². The first kappa shape index (κ1) is 10.9. The number of hydrogen-bond donors (Lipinski definition) is 3. The molecule has 0 bridgehead atoms. The van der Waals surface area contributed by atoms with Gasteiger partial charge in [-0.05, 0) is 6.07 Å². The van der Waals surface area contributed by atoms with Gasteiger partial charge >= 0.3 is 0 Å². The van der Waals surface area contributed by atoms with Gasteiger partial charge in [0.1, 0.15) is 5.69 Å². The molecule has 0 aromatic carbocycles. The molecule has 8 nitrogen and oxygen atoms in total.